The van der Waals surface area contributed by atoms with Crippen molar-refractivity contribution in [3.63, 3.8) is 0 Å². The SMILES string of the molecule is CC1C(NCc2cc(Br)cs2)CC2CC1C2(C)C. The van der Waals surface area contributed by atoms with Gasteiger partial charge in [0.2, 0.25) is 0 Å². The van der Waals surface area contributed by atoms with E-state index in [2.05, 4.69) is 53.5 Å². The topological polar surface area (TPSA) is 12.0 Å². The molecule has 1 aromatic heterocycles. The highest BCUT2D eigenvalue weighted by atomic mass is 79.9. The molecule has 4 unspecified atom stereocenters. The summed E-state index contributed by atoms with van der Waals surface area (Å²) >= 11 is 5.37. The molecule has 0 radical (unpaired) electrons. The second-order valence-corrected chi connectivity index (χ2v) is 8.59. The highest BCUT2D eigenvalue weighted by Gasteiger charge is 2.55. The molecular weight excluding hydrogens is 306 g/mol. The molecule has 0 aliphatic heterocycles. The Morgan fingerprint density at radius 1 is 1.44 bits per heavy atom. The van der Waals surface area contributed by atoms with Crippen LogP contribution in [0.1, 0.15) is 38.5 Å². The van der Waals surface area contributed by atoms with Gasteiger partial charge in [-0.25, -0.2) is 0 Å². The first kappa shape index (κ1) is 13.1. The molecule has 0 saturated heterocycles. The van der Waals surface area contributed by atoms with Gasteiger partial charge in [0.25, 0.3) is 0 Å². The van der Waals surface area contributed by atoms with Crippen LogP contribution in [0.25, 0.3) is 0 Å². The fourth-order valence-corrected chi connectivity index (χ4v) is 5.50. The summed E-state index contributed by atoms with van der Waals surface area (Å²) < 4.78 is 1.21. The van der Waals surface area contributed by atoms with Crippen molar-refractivity contribution >= 4 is 27.3 Å². The molecule has 1 N–H and O–H groups in total. The molecule has 4 rings (SSSR count). The highest BCUT2D eigenvalue weighted by Crippen LogP contribution is 2.61. The summed E-state index contributed by atoms with van der Waals surface area (Å²) in [7, 11) is 0. The van der Waals surface area contributed by atoms with E-state index in [9.17, 15) is 0 Å². The molecule has 18 heavy (non-hydrogen) atoms. The molecule has 1 heterocycles. The molecule has 2 bridgehead atoms. The number of rotatable bonds is 3. The third-order valence-corrected chi connectivity index (χ3v) is 7.21. The van der Waals surface area contributed by atoms with Crippen LogP contribution in [-0.4, -0.2) is 6.04 Å². The molecule has 100 valence electrons. The van der Waals surface area contributed by atoms with Crippen LogP contribution < -0.4 is 5.32 Å². The third kappa shape index (κ3) is 2.08. The third-order valence-electron chi connectivity index (χ3n) is 5.51. The van der Waals surface area contributed by atoms with Crippen LogP contribution in [0.2, 0.25) is 0 Å². The molecule has 3 fully saturated rings. The zero-order valence-electron chi connectivity index (χ0n) is 11.4. The van der Waals surface area contributed by atoms with Gasteiger partial charge in [0.15, 0.2) is 0 Å². The zero-order chi connectivity index (χ0) is 12.9. The van der Waals surface area contributed by atoms with E-state index in [-0.39, 0.29) is 0 Å². The Bertz CT molecular complexity index is 439. The maximum atomic E-state index is 3.79. The lowest BCUT2D eigenvalue weighted by Crippen LogP contribution is -2.59. The molecule has 0 aromatic carbocycles. The van der Waals surface area contributed by atoms with E-state index >= 15 is 0 Å². The van der Waals surface area contributed by atoms with Crippen molar-refractivity contribution in [2.75, 3.05) is 0 Å². The summed E-state index contributed by atoms with van der Waals surface area (Å²) in [4.78, 5) is 1.44. The van der Waals surface area contributed by atoms with Gasteiger partial charge in [-0.2, -0.15) is 0 Å². The van der Waals surface area contributed by atoms with E-state index in [0.29, 0.717) is 5.41 Å². The Labute approximate surface area is 122 Å². The van der Waals surface area contributed by atoms with E-state index < -0.39 is 0 Å². The van der Waals surface area contributed by atoms with Crippen LogP contribution in [0.5, 0.6) is 0 Å². The minimum atomic E-state index is 0.601. The smallest absolute Gasteiger partial charge is 0.0302 e. The first-order valence-corrected chi connectivity index (χ1v) is 8.62. The largest absolute Gasteiger partial charge is 0.309 e. The molecule has 4 atom stereocenters. The summed E-state index contributed by atoms with van der Waals surface area (Å²) in [5, 5.41) is 5.96. The number of hydrogen-bond donors (Lipinski definition) is 1. The highest BCUT2D eigenvalue weighted by molar-refractivity contribution is 9.10. The quantitative estimate of drug-likeness (QED) is 0.850. The van der Waals surface area contributed by atoms with Crippen molar-refractivity contribution in [1.82, 2.24) is 5.32 Å². The van der Waals surface area contributed by atoms with E-state index in [1.807, 2.05) is 11.3 Å². The molecule has 3 aliphatic rings. The van der Waals surface area contributed by atoms with Crippen molar-refractivity contribution in [1.29, 1.82) is 0 Å². The minimum Gasteiger partial charge on any atom is -0.309 e. The number of hydrogen-bond acceptors (Lipinski definition) is 2. The molecule has 3 heteroatoms. The fraction of sp³-hybridized carbons (Fsp3) is 0.733. The van der Waals surface area contributed by atoms with Gasteiger partial charge in [-0.1, -0.05) is 20.8 Å². The average molecular weight is 328 g/mol. The van der Waals surface area contributed by atoms with Crippen LogP contribution >= 0.6 is 27.3 Å². The maximum Gasteiger partial charge on any atom is 0.0302 e. The summed E-state index contributed by atoms with van der Waals surface area (Å²) in [6, 6.07) is 2.96. The Balaban J connectivity index is 1.59. The van der Waals surface area contributed by atoms with Gasteiger partial charge < -0.3 is 5.32 Å². The number of thiophene rings is 1. The van der Waals surface area contributed by atoms with Gasteiger partial charge in [-0.3, -0.25) is 0 Å². The molecule has 0 spiro atoms. The van der Waals surface area contributed by atoms with E-state index in [1.54, 1.807) is 0 Å². The lowest BCUT2D eigenvalue weighted by atomic mass is 9.45. The van der Waals surface area contributed by atoms with Gasteiger partial charge in [-0.05, 0) is 58.0 Å². The van der Waals surface area contributed by atoms with E-state index in [4.69, 9.17) is 0 Å². The van der Waals surface area contributed by atoms with Gasteiger partial charge >= 0.3 is 0 Å². The van der Waals surface area contributed by atoms with Crippen molar-refractivity contribution in [2.45, 2.75) is 46.2 Å². The summed E-state index contributed by atoms with van der Waals surface area (Å²) in [5.41, 5.74) is 0.601. The Kier molecular flexibility index (Phi) is 3.36. The normalized spacial score (nSPS) is 37.3. The van der Waals surface area contributed by atoms with Crippen molar-refractivity contribution in [2.24, 2.45) is 23.2 Å². The van der Waals surface area contributed by atoms with Gasteiger partial charge in [0, 0.05) is 27.3 Å². The standard InChI is InChI=1S/C15H22BrNS/c1-9-13-4-10(15(13,2)3)5-14(9)17-7-12-6-11(16)8-18-12/h6,8-10,13-14,17H,4-5,7H2,1-3H3. The summed E-state index contributed by atoms with van der Waals surface area (Å²) in [5.74, 6) is 2.71. The zero-order valence-corrected chi connectivity index (χ0v) is 13.8. The Morgan fingerprint density at radius 2 is 2.22 bits per heavy atom. The predicted octanol–water partition coefficient (Wildman–Crippen LogP) is 4.67. The van der Waals surface area contributed by atoms with Crippen LogP contribution in [0.4, 0.5) is 0 Å². The first-order valence-electron chi connectivity index (χ1n) is 6.94. The van der Waals surface area contributed by atoms with Gasteiger partial charge in [0.05, 0.1) is 0 Å². The Morgan fingerprint density at radius 3 is 2.78 bits per heavy atom. The monoisotopic (exact) mass is 327 g/mol. The van der Waals surface area contributed by atoms with Crippen molar-refractivity contribution in [3.8, 4) is 0 Å². The van der Waals surface area contributed by atoms with Crippen LogP contribution in [0.3, 0.4) is 0 Å². The van der Waals surface area contributed by atoms with Crippen LogP contribution in [-0.2, 0) is 6.54 Å². The first-order chi connectivity index (χ1) is 8.48. The number of fused-ring (bicyclic) bond motifs is 2. The van der Waals surface area contributed by atoms with Crippen LogP contribution in [0, 0.1) is 23.2 Å². The minimum absolute atomic E-state index is 0.601. The Hall–Kier alpha value is 0.140. The summed E-state index contributed by atoms with van der Waals surface area (Å²) in [6.45, 7) is 8.42. The van der Waals surface area contributed by atoms with Crippen molar-refractivity contribution in [3.05, 3.63) is 20.8 Å². The second-order valence-electron chi connectivity index (χ2n) is 6.67. The number of halogens is 1. The molecule has 3 saturated carbocycles. The average Bonchev–Trinajstić information content (AvgIpc) is 2.73. The molecule has 1 nitrogen and oxygen atoms in total. The molecule has 3 aliphatic carbocycles. The van der Waals surface area contributed by atoms with E-state index in [0.717, 1.165) is 30.3 Å². The lowest BCUT2D eigenvalue weighted by Gasteiger charge is -2.62. The number of nitrogens with one attached hydrogen (secondary N) is 1. The van der Waals surface area contributed by atoms with Gasteiger partial charge in [0.1, 0.15) is 0 Å². The van der Waals surface area contributed by atoms with E-state index in [1.165, 1.54) is 22.2 Å². The molecular formula is C15H22BrNS. The predicted molar refractivity (Wildman–Crippen MR) is 81.8 cm³/mol. The van der Waals surface area contributed by atoms with Crippen molar-refractivity contribution < 1.29 is 0 Å². The molecule has 0 amide bonds. The lowest BCUT2D eigenvalue weighted by molar-refractivity contribution is -0.115. The fourth-order valence-electron chi connectivity index (χ4n) is 4.10. The second kappa shape index (κ2) is 4.60. The van der Waals surface area contributed by atoms with Crippen LogP contribution in [0.15, 0.2) is 15.9 Å². The molecule has 1 aromatic rings. The van der Waals surface area contributed by atoms with Gasteiger partial charge in [-0.15, -0.1) is 11.3 Å². The summed E-state index contributed by atoms with van der Waals surface area (Å²) in [6.07, 6.45) is 2.84. The maximum absolute atomic E-state index is 3.79.